The van der Waals surface area contributed by atoms with Crippen molar-refractivity contribution in [1.82, 2.24) is 0 Å². The van der Waals surface area contributed by atoms with Crippen LogP contribution in [0.3, 0.4) is 0 Å². The zero-order valence-electron chi connectivity index (χ0n) is 11.2. The third-order valence-electron chi connectivity index (χ3n) is 2.62. The quantitative estimate of drug-likeness (QED) is 0.506. The maximum absolute atomic E-state index is 12.3. The molecule has 0 unspecified atom stereocenters. The summed E-state index contributed by atoms with van der Waals surface area (Å²) >= 11 is 1.02. The van der Waals surface area contributed by atoms with E-state index in [0.717, 1.165) is 17.4 Å². The number of hydrogen-bond donors (Lipinski definition) is 1. The lowest BCUT2D eigenvalue weighted by Crippen LogP contribution is -2.15. The first-order valence-corrected chi connectivity index (χ1v) is 8.14. The van der Waals surface area contributed by atoms with E-state index in [-0.39, 0.29) is 21.1 Å². The molecule has 1 heterocycles. The number of methoxy groups -OCH3 is 1. The van der Waals surface area contributed by atoms with Crippen LogP contribution in [-0.2, 0) is 14.8 Å². The van der Waals surface area contributed by atoms with E-state index in [1.165, 1.54) is 36.8 Å². The summed E-state index contributed by atoms with van der Waals surface area (Å²) in [6, 6.07) is 6.02. The predicted molar refractivity (Wildman–Crippen MR) is 79.6 cm³/mol. The molecule has 10 heteroatoms. The van der Waals surface area contributed by atoms with Gasteiger partial charge in [0.25, 0.3) is 15.7 Å². The van der Waals surface area contributed by atoms with E-state index in [0.29, 0.717) is 0 Å². The van der Waals surface area contributed by atoms with Crippen LogP contribution >= 0.6 is 11.3 Å². The lowest BCUT2D eigenvalue weighted by atomic mass is 10.3. The van der Waals surface area contributed by atoms with Crippen molar-refractivity contribution in [2.45, 2.75) is 4.90 Å². The lowest BCUT2D eigenvalue weighted by molar-refractivity contribution is -0.385. The molecule has 8 nitrogen and oxygen atoms in total. The highest BCUT2D eigenvalue weighted by molar-refractivity contribution is 7.92. The van der Waals surface area contributed by atoms with Gasteiger partial charge in [0, 0.05) is 12.1 Å². The molecule has 2 aromatic rings. The number of benzene rings is 1. The van der Waals surface area contributed by atoms with Gasteiger partial charge in [-0.15, -0.1) is 11.3 Å². The molecule has 1 N–H and O–H groups in total. The number of thiophene rings is 1. The number of carbonyl (C=O) groups is 1. The average molecular weight is 342 g/mol. The SMILES string of the molecule is COC(=O)c1sccc1NS(=O)(=O)c1cccc([N+](=O)[O-])c1. The first kappa shape index (κ1) is 15.9. The molecule has 22 heavy (non-hydrogen) atoms. The number of nitro groups is 1. The van der Waals surface area contributed by atoms with Crippen LogP contribution in [-0.4, -0.2) is 26.4 Å². The molecule has 1 aromatic carbocycles. The summed E-state index contributed by atoms with van der Waals surface area (Å²) < 4.78 is 31.3. The number of hydrogen-bond acceptors (Lipinski definition) is 7. The predicted octanol–water partition coefficient (Wildman–Crippen LogP) is 2.24. The molecule has 0 radical (unpaired) electrons. The monoisotopic (exact) mass is 342 g/mol. The van der Waals surface area contributed by atoms with Gasteiger partial charge in [-0.1, -0.05) is 6.07 Å². The van der Waals surface area contributed by atoms with Crippen LogP contribution < -0.4 is 4.72 Å². The Morgan fingerprint density at radius 2 is 2.09 bits per heavy atom. The molecule has 0 spiro atoms. The standard InChI is InChI=1S/C12H10N2O6S2/c1-20-12(15)11-10(5-6-21-11)13-22(18,19)9-4-2-3-8(7-9)14(16)17/h2-7,13H,1H3. The first-order valence-electron chi connectivity index (χ1n) is 5.78. The van der Waals surface area contributed by atoms with Gasteiger partial charge in [0.2, 0.25) is 0 Å². The number of anilines is 1. The Kier molecular flexibility index (Phi) is 4.43. The van der Waals surface area contributed by atoms with E-state index in [2.05, 4.69) is 9.46 Å². The molecule has 0 saturated heterocycles. The van der Waals surface area contributed by atoms with Crippen LogP contribution in [0.2, 0.25) is 0 Å². The van der Waals surface area contributed by atoms with Crippen molar-refractivity contribution >= 4 is 38.7 Å². The molecule has 0 bridgehead atoms. The van der Waals surface area contributed by atoms with Crippen LogP contribution in [0.4, 0.5) is 11.4 Å². The number of nitrogens with one attached hydrogen (secondary N) is 1. The highest BCUT2D eigenvalue weighted by atomic mass is 32.2. The normalized spacial score (nSPS) is 11.0. The molecule has 0 saturated carbocycles. The Balaban J connectivity index is 2.37. The summed E-state index contributed by atoms with van der Waals surface area (Å²) in [4.78, 5) is 21.4. The minimum absolute atomic E-state index is 0.0587. The largest absolute Gasteiger partial charge is 0.465 e. The lowest BCUT2D eigenvalue weighted by Gasteiger charge is -2.08. The van der Waals surface area contributed by atoms with Gasteiger partial charge in [-0.2, -0.15) is 0 Å². The van der Waals surface area contributed by atoms with Crippen molar-refractivity contribution < 1.29 is 22.9 Å². The van der Waals surface area contributed by atoms with E-state index in [4.69, 9.17) is 0 Å². The van der Waals surface area contributed by atoms with Gasteiger partial charge in [0.05, 0.1) is 22.6 Å². The van der Waals surface area contributed by atoms with Crippen LogP contribution in [0, 0.1) is 10.1 Å². The average Bonchev–Trinajstić information content (AvgIpc) is 2.94. The molecule has 1 aromatic heterocycles. The second-order valence-electron chi connectivity index (χ2n) is 4.01. The van der Waals surface area contributed by atoms with Crippen LogP contribution in [0.25, 0.3) is 0 Å². The van der Waals surface area contributed by atoms with Gasteiger partial charge in [-0.05, 0) is 17.5 Å². The Morgan fingerprint density at radius 1 is 1.36 bits per heavy atom. The fourth-order valence-corrected chi connectivity index (χ4v) is 3.55. The molecule has 0 fully saturated rings. The fourth-order valence-electron chi connectivity index (χ4n) is 1.61. The van der Waals surface area contributed by atoms with Gasteiger partial charge in [0.15, 0.2) is 0 Å². The minimum Gasteiger partial charge on any atom is -0.465 e. The van der Waals surface area contributed by atoms with E-state index in [1.807, 2.05) is 0 Å². The number of rotatable bonds is 5. The number of non-ortho nitro benzene ring substituents is 1. The summed E-state index contributed by atoms with van der Waals surface area (Å²) in [7, 11) is -2.88. The van der Waals surface area contributed by atoms with Gasteiger partial charge >= 0.3 is 5.97 Å². The summed E-state index contributed by atoms with van der Waals surface area (Å²) in [6.07, 6.45) is 0. The highest BCUT2D eigenvalue weighted by Gasteiger charge is 2.22. The van der Waals surface area contributed by atoms with E-state index in [1.54, 1.807) is 0 Å². The number of nitro benzene ring substituents is 1. The highest BCUT2D eigenvalue weighted by Crippen LogP contribution is 2.26. The van der Waals surface area contributed by atoms with E-state index in [9.17, 15) is 23.3 Å². The van der Waals surface area contributed by atoms with Crippen LogP contribution in [0.5, 0.6) is 0 Å². The van der Waals surface area contributed by atoms with Crippen LogP contribution in [0.15, 0.2) is 40.6 Å². The van der Waals surface area contributed by atoms with Gasteiger partial charge in [-0.3, -0.25) is 14.8 Å². The zero-order chi connectivity index (χ0) is 16.3. The van der Waals surface area contributed by atoms with Crippen molar-refractivity contribution in [2.75, 3.05) is 11.8 Å². The Labute approximate surface area is 129 Å². The minimum atomic E-state index is -4.06. The Hall–Kier alpha value is -2.46. The molecule has 0 aliphatic rings. The first-order chi connectivity index (χ1) is 10.3. The van der Waals surface area contributed by atoms with Crippen molar-refractivity contribution in [3.8, 4) is 0 Å². The summed E-state index contributed by atoms with van der Waals surface area (Å²) in [5, 5.41) is 12.2. The Morgan fingerprint density at radius 3 is 2.73 bits per heavy atom. The van der Waals surface area contributed by atoms with E-state index >= 15 is 0 Å². The zero-order valence-corrected chi connectivity index (χ0v) is 12.8. The van der Waals surface area contributed by atoms with Crippen molar-refractivity contribution in [2.24, 2.45) is 0 Å². The number of sulfonamides is 1. The molecular weight excluding hydrogens is 332 g/mol. The maximum Gasteiger partial charge on any atom is 0.350 e. The molecule has 2 rings (SSSR count). The second kappa shape index (κ2) is 6.12. The molecule has 0 atom stereocenters. The van der Waals surface area contributed by atoms with Gasteiger partial charge < -0.3 is 4.74 Å². The number of nitrogens with zero attached hydrogens (tertiary/aromatic N) is 1. The third-order valence-corrected chi connectivity index (χ3v) is 4.88. The molecular formula is C12H10N2O6S2. The summed E-state index contributed by atoms with van der Waals surface area (Å²) in [5.41, 5.74) is -0.287. The number of esters is 1. The van der Waals surface area contributed by atoms with Gasteiger partial charge in [0.1, 0.15) is 4.88 Å². The topological polar surface area (TPSA) is 116 Å². The maximum atomic E-state index is 12.3. The third kappa shape index (κ3) is 3.23. The van der Waals surface area contributed by atoms with Crippen molar-refractivity contribution in [3.05, 3.63) is 50.7 Å². The van der Waals surface area contributed by atoms with Crippen molar-refractivity contribution in [3.63, 3.8) is 0 Å². The number of carbonyl (C=O) groups excluding carboxylic acids is 1. The van der Waals surface area contributed by atoms with E-state index < -0.39 is 20.9 Å². The smallest absolute Gasteiger partial charge is 0.350 e. The molecule has 0 aliphatic carbocycles. The summed E-state index contributed by atoms with van der Waals surface area (Å²) in [6.45, 7) is 0. The fraction of sp³-hybridized carbons (Fsp3) is 0.0833. The summed E-state index contributed by atoms with van der Waals surface area (Å²) in [5.74, 6) is -0.674. The van der Waals surface area contributed by atoms with Gasteiger partial charge in [-0.25, -0.2) is 13.2 Å². The molecule has 0 amide bonds. The number of ether oxygens (including phenoxy) is 1. The van der Waals surface area contributed by atoms with Crippen molar-refractivity contribution in [1.29, 1.82) is 0 Å². The second-order valence-corrected chi connectivity index (χ2v) is 6.61. The molecule has 0 aliphatic heterocycles. The van der Waals surface area contributed by atoms with Crippen LogP contribution in [0.1, 0.15) is 9.67 Å². The Bertz CT molecular complexity index is 828. The molecule has 116 valence electrons.